The second-order valence-electron chi connectivity index (χ2n) is 4.55. The average molecular weight is 242 g/mol. The van der Waals surface area contributed by atoms with E-state index in [2.05, 4.69) is 17.2 Å². The molecule has 2 aromatic rings. The molecule has 1 aromatic carbocycles. The quantitative estimate of drug-likeness (QED) is 0.754. The molecule has 94 valence electrons. The highest BCUT2D eigenvalue weighted by Gasteiger charge is 2.05. The third-order valence-electron chi connectivity index (χ3n) is 2.92. The SMILES string of the molecule is Cc1cnn(C(=O)CCCCc2ccccc2)c1. The predicted molar refractivity (Wildman–Crippen MR) is 71.6 cm³/mol. The minimum atomic E-state index is 0.0798. The van der Waals surface area contributed by atoms with Crippen molar-refractivity contribution in [1.29, 1.82) is 0 Å². The number of aryl methyl sites for hydroxylation is 2. The maximum atomic E-state index is 11.8. The van der Waals surface area contributed by atoms with E-state index in [9.17, 15) is 4.79 Å². The van der Waals surface area contributed by atoms with Crippen LogP contribution in [0.5, 0.6) is 0 Å². The van der Waals surface area contributed by atoms with Crippen LogP contribution in [0, 0.1) is 6.92 Å². The fourth-order valence-electron chi connectivity index (χ4n) is 1.91. The highest BCUT2D eigenvalue weighted by Crippen LogP contribution is 2.07. The summed E-state index contributed by atoms with van der Waals surface area (Å²) in [5, 5.41) is 4.02. The lowest BCUT2D eigenvalue weighted by Crippen LogP contribution is -2.10. The zero-order valence-electron chi connectivity index (χ0n) is 10.7. The van der Waals surface area contributed by atoms with Crippen molar-refractivity contribution in [3.8, 4) is 0 Å². The Morgan fingerprint density at radius 1 is 1.22 bits per heavy atom. The molecule has 0 radical (unpaired) electrons. The molecule has 1 heterocycles. The molecule has 0 atom stereocenters. The van der Waals surface area contributed by atoms with Gasteiger partial charge in [-0.15, -0.1) is 0 Å². The first-order valence-corrected chi connectivity index (χ1v) is 6.34. The minimum Gasteiger partial charge on any atom is -0.273 e. The van der Waals surface area contributed by atoms with Crippen LogP contribution in [-0.4, -0.2) is 15.7 Å². The van der Waals surface area contributed by atoms with E-state index in [1.54, 1.807) is 12.4 Å². The van der Waals surface area contributed by atoms with Crippen molar-refractivity contribution in [2.75, 3.05) is 0 Å². The van der Waals surface area contributed by atoms with Gasteiger partial charge in [0.2, 0.25) is 5.91 Å². The number of hydrogen-bond acceptors (Lipinski definition) is 2. The van der Waals surface area contributed by atoms with E-state index in [4.69, 9.17) is 0 Å². The molecule has 1 aromatic heterocycles. The smallest absolute Gasteiger partial charge is 0.246 e. The van der Waals surface area contributed by atoms with Crippen molar-refractivity contribution in [1.82, 2.24) is 9.78 Å². The molecule has 0 unspecified atom stereocenters. The third-order valence-corrected chi connectivity index (χ3v) is 2.92. The Labute approximate surface area is 107 Å². The highest BCUT2D eigenvalue weighted by molar-refractivity contribution is 5.77. The third kappa shape index (κ3) is 3.55. The van der Waals surface area contributed by atoms with E-state index < -0.39 is 0 Å². The first kappa shape index (κ1) is 12.6. The number of unbranched alkanes of at least 4 members (excludes halogenated alkanes) is 1. The lowest BCUT2D eigenvalue weighted by atomic mass is 10.1. The molecule has 0 fully saturated rings. The predicted octanol–water partition coefficient (Wildman–Crippen LogP) is 3.24. The van der Waals surface area contributed by atoms with Gasteiger partial charge in [0.05, 0.1) is 6.20 Å². The molecule has 0 saturated heterocycles. The van der Waals surface area contributed by atoms with E-state index in [-0.39, 0.29) is 5.91 Å². The summed E-state index contributed by atoms with van der Waals surface area (Å²) in [6.45, 7) is 1.94. The number of hydrogen-bond donors (Lipinski definition) is 0. The van der Waals surface area contributed by atoms with Crippen LogP contribution in [0.1, 0.15) is 35.2 Å². The second kappa shape index (κ2) is 6.15. The molecule has 0 aliphatic rings. The average Bonchev–Trinajstić information content (AvgIpc) is 2.82. The standard InChI is InChI=1S/C15H18N2O/c1-13-11-16-17(12-13)15(18)10-6-5-9-14-7-3-2-4-8-14/h2-4,7-8,11-12H,5-6,9-10H2,1H3. The van der Waals surface area contributed by atoms with Gasteiger partial charge in [-0.1, -0.05) is 30.3 Å². The van der Waals surface area contributed by atoms with E-state index >= 15 is 0 Å². The van der Waals surface area contributed by atoms with E-state index in [0.717, 1.165) is 24.8 Å². The Kier molecular flexibility index (Phi) is 4.29. The zero-order chi connectivity index (χ0) is 12.8. The van der Waals surface area contributed by atoms with Crippen LogP contribution in [0.4, 0.5) is 0 Å². The molecular formula is C15H18N2O. The fraction of sp³-hybridized carbons (Fsp3) is 0.333. The van der Waals surface area contributed by atoms with Gasteiger partial charge in [-0.3, -0.25) is 4.79 Å². The van der Waals surface area contributed by atoms with Crippen LogP contribution in [0.25, 0.3) is 0 Å². The van der Waals surface area contributed by atoms with Gasteiger partial charge in [-0.25, -0.2) is 4.68 Å². The topological polar surface area (TPSA) is 34.9 Å². The number of rotatable bonds is 5. The second-order valence-corrected chi connectivity index (χ2v) is 4.55. The molecule has 0 amide bonds. The number of aromatic nitrogens is 2. The van der Waals surface area contributed by atoms with Gasteiger partial charge in [0, 0.05) is 12.6 Å². The monoisotopic (exact) mass is 242 g/mol. The minimum absolute atomic E-state index is 0.0798. The van der Waals surface area contributed by atoms with Crippen LogP contribution in [0.2, 0.25) is 0 Å². The molecule has 0 spiro atoms. The summed E-state index contributed by atoms with van der Waals surface area (Å²) < 4.78 is 1.44. The molecule has 3 nitrogen and oxygen atoms in total. The van der Waals surface area contributed by atoms with Crippen molar-refractivity contribution >= 4 is 5.91 Å². The van der Waals surface area contributed by atoms with Crippen LogP contribution in [0.3, 0.4) is 0 Å². The van der Waals surface area contributed by atoms with Gasteiger partial charge in [-0.05, 0) is 37.3 Å². The molecule has 18 heavy (non-hydrogen) atoms. The van der Waals surface area contributed by atoms with Crippen molar-refractivity contribution in [3.63, 3.8) is 0 Å². The van der Waals surface area contributed by atoms with Gasteiger partial charge in [0.1, 0.15) is 0 Å². The van der Waals surface area contributed by atoms with Gasteiger partial charge < -0.3 is 0 Å². The molecule has 0 bridgehead atoms. The van der Waals surface area contributed by atoms with E-state index in [0.29, 0.717) is 6.42 Å². The summed E-state index contributed by atoms with van der Waals surface area (Å²) in [6, 6.07) is 10.4. The first-order valence-electron chi connectivity index (χ1n) is 6.34. The van der Waals surface area contributed by atoms with Gasteiger partial charge >= 0.3 is 0 Å². The maximum absolute atomic E-state index is 11.8. The molecule has 0 aliphatic heterocycles. The maximum Gasteiger partial charge on any atom is 0.246 e. The van der Waals surface area contributed by atoms with Gasteiger partial charge in [0.15, 0.2) is 0 Å². The van der Waals surface area contributed by atoms with Gasteiger partial charge in [-0.2, -0.15) is 5.10 Å². The molecule has 0 N–H and O–H groups in total. The largest absolute Gasteiger partial charge is 0.273 e. The summed E-state index contributed by atoms with van der Waals surface area (Å²) >= 11 is 0. The Balaban J connectivity index is 1.71. The highest BCUT2D eigenvalue weighted by atomic mass is 16.2. The van der Waals surface area contributed by atoms with E-state index in [1.807, 2.05) is 25.1 Å². The first-order chi connectivity index (χ1) is 8.75. The van der Waals surface area contributed by atoms with Crippen LogP contribution in [-0.2, 0) is 6.42 Å². The number of benzene rings is 1. The molecular weight excluding hydrogens is 224 g/mol. The Hall–Kier alpha value is -1.90. The van der Waals surface area contributed by atoms with Crippen molar-refractivity contribution in [2.45, 2.75) is 32.6 Å². The van der Waals surface area contributed by atoms with E-state index in [1.165, 1.54) is 10.2 Å². The lowest BCUT2D eigenvalue weighted by Gasteiger charge is -2.02. The van der Waals surface area contributed by atoms with Crippen molar-refractivity contribution < 1.29 is 4.79 Å². The number of carbonyl (C=O) groups is 1. The summed E-state index contributed by atoms with van der Waals surface area (Å²) in [7, 11) is 0. The normalized spacial score (nSPS) is 10.5. The summed E-state index contributed by atoms with van der Waals surface area (Å²) in [4.78, 5) is 11.8. The van der Waals surface area contributed by atoms with Crippen molar-refractivity contribution in [3.05, 3.63) is 53.9 Å². The van der Waals surface area contributed by atoms with Crippen molar-refractivity contribution in [2.24, 2.45) is 0 Å². The summed E-state index contributed by atoms with van der Waals surface area (Å²) in [6.07, 6.45) is 7.03. The zero-order valence-corrected chi connectivity index (χ0v) is 10.7. The molecule has 3 heteroatoms. The summed E-state index contributed by atoms with van der Waals surface area (Å²) in [5.41, 5.74) is 2.35. The Morgan fingerprint density at radius 3 is 2.67 bits per heavy atom. The molecule has 0 saturated carbocycles. The van der Waals surface area contributed by atoms with Crippen LogP contribution < -0.4 is 0 Å². The van der Waals surface area contributed by atoms with Crippen LogP contribution >= 0.6 is 0 Å². The lowest BCUT2D eigenvalue weighted by molar-refractivity contribution is 0.0883. The number of carbonyl (C=O) groups excluding carboxylic acids is 1. The Morgan fingerprint density at radius 2 is 2.00 bits per heavy atom. The fourth-order valence-corrected chi connectivity index (χ4v) is 1.91. The van der Waals surface area contributed by atoms with Crippen LogP contribution in [0.15, 0.2) is 42.7 Å². The molecule has 2 rings (SSSR count). The Bertz CT molecular complexity index is 502. The summed E-state index contributed by atoms with van der Waals surface area (Å²) in [5.74, 6) is 0.0798. The molecule has 0 aliphatic carbocycles. The van der Waals surface area contributed by atoms with Gasteiger partial charge in [0.25, 0.3) is 0 Å². The number of nitrogens with zero attached hydrogens (tertiary/aromatic N) is 2.